The van der Waals surface area contributed by atoms with Crippen LogP contribution >= 0.6 is 0 Å². The second kappa shape index (κ2) is 7.78. The third-order valence-corrected chi connectivity index (χ3v) is 3.50. The number of rotatable bonds is 8. The van der Waals surface area contributed by atoms with Gasteiger partial charge in [-0.15, -0.1) is 5.10 Å². The lowest BCUT2D eigenvalue weighted by molar-refractivity contribution is 0.261. The molecular formula is C16H23N3O2. The SMILES string of the molecule is CCCCn1nnc(CO)c1COc1ccc(CC)cc1. The molecule has 0 atom stereocenters. The third-order valence-electron chi connectivity index (χ3n) is 3.50. The second-order valence-electron chi connectivity index (χ2n) is 5.00. The van der Waals surface area contributed by atoms with Crippen LogP contribution in [0.25, 0.3) is 0 Å². The van der Waals surface area contributed by atoms with Gasteiger partial charge >= 0.3 is 0 Å². The maximum atomic E-state index is 9.35. The van der Waals surface area contributed by atoms with Crippen LogP contribution in [-0.2, 0) is 26.2 Å². The summed E-state index contributed by atoms with van der Waals surface area (Å²) in [5.41, 5.74) is 2.73. The van der Waals surface area contributed by atoms with E-state index in [0.29, 0.717) is 12.3 Å². The molecule has 0 bridgehead atoms. The molecular weight excluding hydrogens is 266 g/mol. The third kappa shape index (κ3) is 4.04. The Morgan fingerprint density at radius 1 is 1.19 bits per heavy atom. The van der Waals surface area contributed by atoms with Gasteiger partial charge in [-0.3, -0.25) is 0 Å². The van der Waals surface area contributed by atoms with E-state index in [9.17, 15) is 5.11 Å². The zero-order chi connectivity index (χ0) is 15.1. The fraction of sp³-hybridized carbons (Fsp3) is 0.500. The highest BCUT2D eigenvalue weighted by Gasteiger charge is 2.12. The first kappa shape index (κ1) is 15.5. The summed E-state index contributed by atoms with van der Waals surface area (Å²) in [4.78, 5) is 0. The van der Waals surface area contributed by atoms with Crippen molar-refractivity contribution in [3.05, 3.63) is 41.2 Å². The number of hydrogen-bond donors (Lipinski definition) is 1. The van der Waals surface area contributed by atoms with Crippen LogP contribution in [0, 0.1) is 0 Å². The molecule has 0 saturated heterocycles. The van der Waals surface area contributed by atoms with Crippen molar-refractivity contribution in [2.75, 3.05) is 0 Å². The molecule has 0 aliphatic rings. The van der Waals surface area contributed by atoms with Crippen LogP contribution in [0.3, 0.4) is 0 Å². The average Bonchev–Trinajstić information content (AvgIpc) is 2.93. The summed E-state index contributed by atoms with van der Waals surface area (Å²) in [6.45, 7) is 5.32. The largest absolute Gasteiger partial charge is 0.487 e. The van der Waals surface area contributed by atoms with Gasteiger partial charge in [0.25, 0.3) is 0 Å². The lowest BCUT2D eigenvalue weighted by Gasteiger charge is -2.09. The van der Waals surface area contributed by atoms with Gasteiger partial charge in [0.15, 0.2) is 0 Å². The van der Waals surface area contributed by atoms with Gasteiger partial charge in [-0.05, 0) is 30.5 Å². The molecule has 0 unspecified atom stereocenters. The quantitative estimate of drug-likeness (QED) is 0.811. The lowest BCUT2D eigenvalue weighted by atomic mass is 10.2. The highest BCUT2D eigenvalue weighted by atomic mass is 16.5. The van der Waals surface area contributed by atoms with Crippen LogP contribution in [0.15, 0.2) is 24.3 Å². The molecule has 0 aliphatic heterocycles. The Hall–Kier alpha value is -1.88. The molecule has 1 aromatic heterocycles. The summed E-state index contributed by atoms with van der Waals surface area (Å²) in [6.07, 6.45) is 3.14. The topological polar surface area (TPSA) is 60.2 Å². The maximum absolute atomic E-state index is 9.35. The Morgan fingerprint density at radius 3 is 2.57 bits per heavy atom. The predicted molar refractivity (Wildman–Crippen MR) is 81.0 cm³/mol. The number of aliphatic hydroxyl groups is 1. The molecule has 114 valence electrons. The summed E-state index contributed by atoms with van der Waals surface area (Å²) in [5.74, 6) is 0.819. The van der Waals surface area contributed by atoms with Gasteiger partial charge < -0.3 is 9.84 Å². The standard InChI is InChI=1S/C16H23N3O2/c1-3-5-10-19-16(15(11-20)17-18-19)12-21-14-8-6-13(4-2)7-9-14/h6-9,20H,3-5,10-12H2,1-2H3. The minimum absolute atomic E-state index is 0.112. The number of nitrogens with zero attached hydrogens (tertiary/aromatic N) is 3. The highest BCUT2D eigenvalue weighted by Crippen LogP contribution is 2.16. The van der Waals surface area contributed by atoms with Crippen LogP contribution < -0.4 is 4.74 Å². The minimum Gasteiger partial charge on any atom is -0.487 e. The number of hydrogen-bond acceptors (Lipinski definition) is 4. The first-order valence-electron chi connectivity index (χ1n) is 7.52. The molecule has 0 spiro atoms. The lowest BCUT2D eigenvalue weighted by Crippen LogP contribution is -2.09. The monoisotopic (exact) mass is 289 g/mol. The van der Waals surface area contributed by atoms with E-state index in [4.69, 9.17) is 4.74 Å². The van der Waals surface area contributed by atoms with E-state index in [0.717, 1.165) is 37.3 Å². The van der Waals surface area contributed by atoms with E-state index >= 15 is 0 Å². The average molecular weight is 289 g/mol. The molecule has 0 radical (unpaired) electrons. The first-order valence-corrected chi connectivity index (χ1v) is 7.52. The minimum atomic E-state index is -0.112. The fourth-order valence-corrected chi connectivity index (χ4v) is 2.11. The van der Waals surface area contributed by atoms with E-state index in [-0.39, 0.29) is 6.61 Å². The smallest absolute Gasteiger partial charge is 0.132 e. The predicted octanol–water partition coefficient (Wildman–Crippen LogP) is 2.71. The zero-order valence-corrected chi connectivity index (χ0v) is 12.7. The van der Waals surface area contributed by atoms with Crippen LogP contribution in [-0.4, -0.2) is 20.1 Å². The van der Waals surface area contributed by atoms with E-state index in [1.165, 1.54) is 5.56 Å². The Kier molecular flexibility index (Phi) is 5.75. The highest BCUT2D eigenvalue weighted by molar-refractivity contribution is 5.27. The van der Waals surface area contributed by atoms with E-state index in [1.54, 1.807) is 0 Å². The van der Waals surface area contributed by atoms with Gasteiger partial charge in [0.1, 0.15) is 23.7 Å². The van der Waals surface area contributed by atoms with E-state index in [1.807, 2.05) is 16.8 Å². The Balaban J connectivity index is 2.04. The van der Waals surface area contributed by atoms with E-state index < -0.39 is 0 Å². The van der Waals surface area contributed by atoms with Crippen molar-refractivity contribution in [2.24, 2.45) is 0 Å². The van der Waals surface area contributed by atoms with Crippen molar-refractivity contribution in [1.29, 1.82) is 0 Å². The summed E-state index contributed by atoms with van der Waals surface area (Å²) in [5, 5.41) is 17.5. The fourth-order valence-electron chi connectivity index (χ4n) is 2.11. The molecule has 0 amide bonds. The molecule has 0 fully saturated rings. The number of aryl methyl sites for hydroxylation is 2. The number of ether oxygens (including phenoxy) is 1. The molecule has 21 heavy (non-hydrogen) atoms. The van der Waals surface area contributed by atoms with Gasteiger partial charge in [0.05, 0.1) is 6.61 Å². The normalized spacial score (nSPS) is 10.8. The Bertz CT molecular complexity index is 549. The summed E-state index contributed by atoms with van der Waals surface area (Å²) in [7, 11) is 0. The molecule has 5 nitrogen and oxygen atoms in total. The van der Waals surface area contributed by atoms with Crippen molar-refractivity contribution in [2.45, 2.75) is 52.9 Å². The van der Waals surface area contributed by atoms with Gasteiger partial charge in [-0.1, -0.05) is 37.6 Å². The van der Waals surface area contributed by atoms with Gasteiger partial charge in [0.2, 0.25) is 0 Å². The van der Waals surface area contributed by atoms with Crippen molar-refractivity contribution in [1.82, 2.24) is 15.0 Å². The van der Waals surface area contributed by atoms with Gasteiger partial charge in [-0.25, -0.2) is 4.68 Å². The summed E-state index contributed by atoms with van der Waals surface area (Å²) >= 11 is 0. The van der Waals surface area contributed by atoms with Gasteiger partial charge in [-0.2, -0.15) is 0 Å². The molecule has 5 heteroatoms. The van der Waals surface area contributed by atoms with Gasteiger partial charge in [0, 0.05) is 6.54 Å². The van der Waals surface area contributed by atoms with Crippen LogP contribution in [0.1, 0.15) is 43.6 Å². The van der Waals surface area contributed by atoms with Crippen molar-refractivity contribution < 1.29 is 9.84 Å². The first-order chi connectivity index (χ1) is 10.3. The molecule has 1 N–H and O–H groups in total. The number of aliphatic hydroxyl groups excluding tert-OH is 1. The summed E-state index contributed by atoms with van der Waals surface area (Å²) < 4.78 is 7.63. The number of unbranched alkanes of at least 4 members (excludes halogenated alkanes) is 1. The molecule has 1 heterocycles. The number of aromatic nitrogens is 3. The van der Waals surface area contributed by atoms with Crippen molar-refractivity contribution >= 4 is 0 Å². The van der Waals surface area contributed by atoms with Crippen LogP contribution in [0.2, 0.25) is 0 Å². The van der Waals surface area contributed by atoms with Crippen LogP contribution in [0.5, 0.6) is 5.75 Å². The zero-order valence-electron chi connectivity index (χ0n) is 12.7. The molecule has 0 aliphatic carbocycles. The molecule has 1 aromatic carbocycles. The molecule has 2 rings (SSSR count). The maximum Gasteiger partial charge on any atom is 0.132 e. The Morgan fingerprint density at radius 2 is 1.95 bits per heavy atom. The molecule has 0 saturated carbocycles. The Labute approximate surface area is 125 Å². The summed E-state index contributed by atoms with van der Waals surface area (Å²) in [6, 6.07) is 8.07. The van der Waals surface area contributed by atoms with Crippen LogP contribution in [0.4, 0.5) is 0 Å². The molecule has 2 aromatic rings. The van der Waals surface area contributed by atoms with E-state index in [2.05, 4.69) is 36.3 Å². The number of benzene rings is 1. The van der Waals surface area contributed by atoms with Crippen molar-refractivity contribution in [3.63, 3.8) is 0 Å². The second-order valence-corrected chi connectivity index (χ2v) is 5.00. The van der Waals surface area contributed by atoms with Crippen molar-refractivity contribution in [3.8, 4) is 5.75 Å².